The summed E-state index contributed by atoms with van der Waals surface area (Å²) in [6, 6.07) is 17.1. The fraction of sp³-hybridized carbons (Fsp3) is 0.0741. The Morgan fingerprint density at radius 3 is 2.84 bits per heavy atom. The molecule has 0 radical (unpaired) electrons. The first-order valence-corrected chi connectivity index (χ1v) is 11.9. The van der Waals surface area contributed by atoms with Crippen molar-refractivity contribution in [3.05, 3.63) is 108 Å². The molecule has 0 aliphatic rings. The number of halogens is 2. The van der Waals surface area contributed by atoms with Gasteiger partial charge in [-0.15, -0.1) is 5.10 Å². The molecular weight excluding hydrogens is 509 g/mol. The van der Waals surface area contributed by atoms with Gasteiger partial charge in [-0.2, -0.15) is 0 Å². The molecule has 0 aliphatic carbocycles. The normalized spacial score (nSPS) is 10.8. The number of fused-ring (bicyclic) bond motifs is 1. The van der Waals surface area contributed by atoms with Crippen molar-refractivity contribution in [1.82, 2.24) is 30.3 Å². The first-order valence-electron chi connectivity index (χ1n) is 11.5. The molecule has 0 aliphatic heterocycles. The number of nitrogens with zero attached hydrogens (tertiary/aromatic N) is 5. The largest absolute Gasteiger partial charge is 0.487 e. The number of rotatable bonds is 9. The topological polar surface area (TPSA) is 107 Å². The lowest BCUT2D eigenvalue weighted by Crippen LogP contribution is -2.20. The molecule has 5 aromatic rings. The molecule has 2 aromatic heterocycles. The third kappa shape index (κ3) is 5.76. The van der Waals surface area contributed by atoms with Crippen LogP contribution in [0, 0.1) is 5.82 Å². The fourth-order valence-corrected chi connectivity index (χ4v) is 3.90. The molecular formula is C27H21ClFN7O2. The van der Waals surface area contributed by atoms with E-state index >= 15 is 0 Å². The molecule has 5 rings (SSSR count). The Labute approximate surface area is 221 Å². The van der Waals surface area contributed by atoms with E-state index in [1.54, 1.807) is 35.1 Å². The van der Waals surface area contributed by atoms with Gasteiger partial charge >= 0.3 is 0 Å². The Bertz CT molecular complexity index is 1640. The summed E-state index contributed by atoms with van der Waals surface area (Å²) in [6.07, 6.45) is 4.39. The predicted octanol–water partition coefficient (Wildman–Crippen LogP) is 5.13. The lowest BCUT2D eigenvalue weighted by molar-refractivity contribution is -0.116. The summed E-state index contributed by atoms with van der Waals surface area (Å²) in [4.78, 5) is 20.2. The summed E-state index contributed by atoms with van der Waals surface area (Å²) in [5.74, 6) is 0.435. The van der Waals surface area contributed by atoms with Gasteiger partial charge in [-0.25, -0.2) is 19.0 Å². The monoisotopic (exact) mass is 529 g/mol. The van der Waals surface area contributed by atoms with Crippen LogP contribution in [0.25, 0.3) is 16.6 Å². The van der Waals surface area contributed by atoms with Crippen molar-refractivity contribution in [3.63, 3.8) is 0 Å². The van der Waals surface area contributed by atoms with Crippen molar-refractivity contribution in [2.75, 3.05) is 5.32 Å². The van der Waals surface area contributed by atoms with Crippen LogP contribution in [-0.4, -0.2) is 30.9 Å². The number of carbonyl (C=O) groups is 1. The maximum Gasteiger partial charge on any atom is 0.243 e. The maximum atomic E-state index is 13.4. The minimum atomic E-state index is -0.321. The van der Waals surface area contributed by atoms with Crippen LogP contribution in [0.5, 0.6) is 5.75 Å². The molecule has 0 spiro atoms. The van der Waals surface area contributed by atoms with Gasteiger partial charge in [0.1, 0.15) is 36.0 Å². The molecule has 190 valence electrons. The summed E-state index contributed by atoms with van der Waals surface area (Å²) < 4.78 is 20.8. The summed E-state index contributed by atoms with van der Waals surface area (Å²) in [7, 11) is 0. The Balaban J connectivity index is 1.34. The molecule has 0 unspecified atom stereocenters. The van der Waals surface area contributed by atoms with E-state index in [0.29, 0.717) is 33.5 Å². The van der Waals surface area contributed by atoms with E-state index in [1.165, 1.54) is 24.5 Å². The van der Waals surface area contributed by atoms with Gasteiger partial charge < -0.3 is 15.4 Å². The summed E-state index contributed by atoms with van der Waals surface area (Å²) in [6.45, 7) is 3.85. The second kappa shape index (κ2) is 11.1. The average molecular weight is 530 g/mol. The second-order valence-corrected chi connectivity index (χ2v) is 8.60. The van der Waals surface area contributed by atoms with Crippen LogP contribution >= 0.6 is 11.6 Å². The van der Waals surface area contributed by atoms with Gasteiger partial charge in [0.15, 0.2) is 0 Å². The molecule has 9 nitrogen and oxygen atoms in total. The Hall–Kier alpha value is -4.83. The van der Waals surface area contributed by atoms with Crippen LogP contribution in [0.2, 0.25) is 5.02 Å². The Kier molecular flexibility index (Phi) is 7.23. The number of hydrogen-bond acceptors (Lipinski definition) is 7. The van der Waals surface area contributed by atoms with Crippen molar-refractivity contribution >= 4 is 39.9 Å². The van der Waals surface area contributed by atoms with Crippen molar-refractivity contribution in [2.24, 2.45) is 0 Å². The van der Waals surface area contributed by atoms with Gasteiger partial charge in [-0.05, 0) is 60.2 Å². The van der Waals surface area contributed by atoms with Crippen LogP contribution < -0.4 is 15.4 Å². The summed E-state index contributed by atoms with van der Waals surface area (Å²) in [5, 5.41) is 15.3. The number of benzene rings is 3. The molecule has 3 aromatic carbocycles. The van der Waals surface area contributed by atoms with Crippen LogP contribution in [0.4, 0.5) is 15.9 Å². The number of anilines is 2. The molecule has 0 fully saturated rings. The van der Waals surface area contributed by atoms with Crippen LogP contribution in [0.1, 0.15) is 11.3 Å². The van der Waals surface area contributed by atoms with E-state index in [4.69, 9.17) is 16.3 Å². The smallest absolute Gasteiger partial charge is 0.243 e. The summed E-state index contributed by atoms with van der Waals surface area (Å²) >= 11 is 6.45. The zero-order valence-electron chi connectivity index (χ0n) is 19.9. The molecule has 0 saturated carbocycles. The van der Waals surface area contributed by atoms with Gasteiger partial charge in [0.2, 0.25) is 5.91 Å². The van der Waals surface area contributed by atoms with Crippen molar-refractivity contribution in [3.8, 4) is 11.4 Å². The molecule has 0 saturated heterocycles. The standard InChI is InChI=1S/C27H21ClFN7O2/c1-2-26(37)30-13-20-14-36(35-34-20)21-7-8-24-22(12-21)27(32-16-31-24)33-19-6-9-25(23(28)11-19)38-15-17-4-3-5-18(29)10-17/h2-12,14,16H,1,13,15H2,(H,30,37)(H,31,32,33). The predicted molar refractivity (Wildman–Crippen MR) is 142 cm³/mol. The zero-order valence-corrected chi connectivity index (χ0v) is 20.7. The second-order valence-electron chi connectivity index (χ2n) is 8.19. The molecule has 2 heterocycles. The molecule has 1 amide bonds. The van der Waals surface area contributed by atoms with E-state index in [9.17, 15) is 9.18 Å². The minimum Gasteiger partial charge on any atom is -0.487 e. The van der Waals surface area contributed by atoms with E-state index < -0.39 is 0 Å². The Morgan fingerprint density at radius 2 is 2.03 bits per heavy atom. The van der Waals surface area contributed by atoms with Gasteiger partial charge in [0, 0.05) is 11.1 Å². The minimum absolute atomic E-state index is 0.189. The third-order valence-electron chi connectivity index (χ3n) is 5.53. The van der Waals surface area contributed by atoms with Crippen molar-refractivity contribution < 1.29 is 13.9 Å². The fourth-order valence-electron chi connectivity index (χ4n) is 3.66. The third-order valence-corrected chi connectivity index (χ3v) is 5.83. The quantitative estimate of drug-likeness (QED) is 0.255. The number of carbonyl (C=O) groups excluding carboxylic acids is 1. The van der Waals surface area contributed by atoms with E-state index in [2.05, 4.69) is 37.5 Å². The molecule has 0 bridgehead atoms. The number of aromatic nitrogens is 5. The number of hydrogen-bond donors (Lipinski definition) is 2. The van der Waals surface area contributed by atoms with Crippen molar-refractivity contribution in [2.45, 2.75) is 13.2 Å². The van der Waals surface area contributed by atoms with Gasteiger partial charge in [0.05, 0.1) is 29.0 Å². The first kappa shape index (κ1) is 24.8. The molecule has 11 heteroatoms. The van der Waals surface area contributed by atoms with Crippen LogP contribution in [-0.2, 0) is 17.9 Å². The number of amides is 1. The maximum absolute atomic E-state index is 13.4. The van der Waals surface area contributed by atoms with Gasteiger partial charge in [0.25, 0.3) is 0 Å². The number of nitrogens with one attached hydrogen (secondary N) is 2. The first-order chi connectivity index (χ1) is 18.5. The molecule has 38 heavy (non-hydrogen) atoms. The highest BCUT2D eigenvalue weighted by atomic mass is 35.5. The average Bonchev–Trinajstić information content (AvgIpc) is 3.40. The van der Waals surface area contributed by atoms with Gasteiger partial charge in [-0.1, -0.05) is 35.5 Å². The number of ether oxygens (including phenoxy) is 1. The van der Waals surface area contributed by atoms with E-state index in [0.717, 1.165) is 16.6 Å². The lowest BCUT2D eigenvalue weighted by atomic mass is 10.2. The van der Waals surface area contributed by atoms with Crippen LogP contribution in [0.15, 0.2) is 85.8 Å². The zero-order chi connectivity index (χ0) is 26.5. The molecule has 2 N–H and O–H groups in total. The SMILES string of the molecule is C=CC(=O)NCc1cn(-c2ccc3ncnc(Nc4ccc(OCc5cccc(F)c5)c(Cl)c4)c3c2)nn1. The highest BCUT2D eigenvalue weighted by Crippen LogP contribution is 2.31. The van der Waals surface area contributed by atoms with Crippen LogP contribution in [0.3, 0.4) is 0 Å². The van der Waals surface area contributed by atoms with E-state index in [1.807, 2.05) is 24.3 Å². The lowest BCUT2D eigenvalue weighted by Gasteiger charge is -2.12. The van der Waals surface area contributed by atoms with Gasteiger partial charge in [-0.3, -0.25) is 4.79 Å². The van der Waals surface area contributed by atoms with E-state index in [-0.39, 0.29) is 24.9 Å². The van der Waals surface area contributed by atoms with Crippen molar-refractivity contribution in [1.29, 1.82) is 0 Å². The summed E-state index contributed by atoms with van der Waals surface area (Å²) in [5.41, 5.74) is 3.46. The highest BCUT2D eigenvalue weighted by molar-refractivity contribution is 6.32. The Morgan fingerprint density at radius 1 is 1.13 bits per heavy atom. The highest BCUT2D eigenvalue weighted by Gasteiger charge is 2.11. The molecule has 0 atom stereocenters.